The van der Waals surface area contributed by atoms with E-state index in [4.69, 9.17) is 20.4 Å². The number of nitrogens with zero attached hydrogens (tertiary/aromatic N) is 3. The van der Waals surface area contributed by atoms with E-state index in [0.29, 0.717) is 43.3 Å². The van der Waals surface area contributed by atoms with E-state index in [-0.39, 0.29) is 5.25 Å². The molecule has 8 heteroatoms. The highest BCUT2D eigenvalue weighted by Crippen LogP contribution is 2.51. The molecule has 0 unspecified atom stereocenters. The zero-order valence-electron chi connectivity index (χ0n) is 17.1. The van der Waals surface area contributed by atoms with Gasteiger partial charge in [0.25, 0.3) is 0 Å². The SMILES string of the molecule is Nc1ccc(-c2nc(N3CCOCC3)cc(C3(S(=O)(=O)C4CC4)CCCC3)n2)cc1. The molecule has 30 heavy (non-hydrogen) atoms. The van der Waals surface area contributed by atoms with Gasteiger partial charge in [-0.05, 0) is 49.9 Å². The van der Waals surface area contributed by atoms with Crippen molar-refractivity contribution in [3.63, 3.8) is 0 Å². The highest BCUT2D eigenvalue weighted by Gasteiger charge is 2.55. The second kappa shape index (κ2) is 7.50. The third-order valence-corrected chi connectivity index (χ3v) is 9.66. The maximum Gasteiger partial charge on any atom is 0.164 e. The minimum Gasteiger partial charge on any atom is -0.399 e. The average Bonchev–Trinajstić information content (AvgIpc) is 3.52. The number of sulfone groups is 1. The van der Waals surface area contributed by atoms with Crippen molar-refractivity contribution in [2.45, 2.75) is 48.5 Å². The number of rotatable bonds is 5. The van der Waals surface area contributed by atoms with Gasteiger partial charge in [-0.25, -0.2) is 18.4 Å². The van der Waals surface area contributed by atoms with Crippen molar-refractivity contribution in [2.75, 3.05) is 36.9 Å². The summed E-state index contributed by atoms with van der Waals surface area (Å²) in [6, 6.07) is 9.37. The van der Waals surface area contributed by atoms with Gasteiger partial charge in [-0.2, -0.15) is 0 Å². The highest BCUT2D eigenvalue weighted by atomic mass is 32.2. The summed E-state index contributed by atoms with van der Waals surface area (Å²) in [7, 11) is -3.29. The summed E-state index contributed by atoms with van der Waals surface area (Å²) in [6.07, 6.45) is 4.67. The number of hydrogen-bond acceptors (Lipinski definition) is 7. The van der Waals surface area contributed by atoms with Gasteiger partial charge in [0, 0.05) is 30.4 Å². The Labute approximate surface area is 177 Å². The first-order valence-corrected chi connectivity index (χ1v) is 12.4. The fourth-order valence-corrected chi connectivity index (χ4v) is 7.36. The van der Waals surface area contributed by atoms with Gasteiger partial charge in [0.15, 0.2) is 15.7 Å². The van der Waals surface area contributed by atoms with Crippen LogP contribution in [0.3, 0.4) is 0 Å². The Morgan fingerprint density at radius 1 is 1.03 bits per heavy atom. The van der Waals surface area contributed by atoms with Crippen LogP contribution in [0.1, 0.15) is 44.2 Å². The first kappa shape index (κ1) is 19.8. The quantitative estimate of drug-likeness (QED) is 0.731. The monoisotopic (exact) mass is 428 g/mol. The van der Waals surface area contributed by atoms with Gasteiger partial charge >= 0.3 is 0 Å². The number of ether oxygens (including phenoxy) is 1. The van der Waals surface area contributed by atoms with Crippen molar-refractivity contribution in [2.24, 2.45) is 0 Å². The lowest BCUT2D eigenvalue weighted by Crippen LogP contribution is -2.39. The minimum absolute atomic E-state index is 0.211. The van der Waals surface area contributed by atoms with Crippen LogP contribution >= 0.6 is 0 Å². The van der Waals surface area contributed by atoms with E-state index in [1.165, 1.54) is 0 Å². The molecule has 0 radical (unpaired) electrons. The molecule has 3 aliphatic rings. The van der Waals surface area contributed by atoms with E-state index in [1.54, 1.807) is 0 Å². The van der Waals surface area contributed by atoms with Crippen LogP contribution < -0.4 is 10.6 Å². The van der Waals surface area contributed by atoms with Crippen molar-refractivity contribution in [1.29, 1.82) is 0 Å². The Morgan fingerprint density at radius 3 is 2.33 bits per heavy atom. The Balaban J connectivity index is 1.66. The standard InChI is InChI=1S/C22H28N4O3S/c23-17-5-3-16(4-6-17)21-24-19(15-20(25-21)26-11-13-29-14-12-26)22(9-1-2-10-22)30(27,28)18-7-8-18/h3-6,15,18H,1-2,7-14,23H2. The normalized spacial score (nSPS) is 21.7. The van der Waals surface area contributed by atoms with Gasteiger partial charge in [-0.1, -0.05) is 12.8 Å². The molecule has 0 amide bonds. The number of morpholine rings is 1. The molecule has 0 spiro atoms. The molecule has 0 bridgehead atoms. The summed E-state index contributed by atoms with van der Waals surface area (Å²) in [5, 5.41) is -0.211. The number of benzene rings is 1. The fraction of sp³-hybridized carbons (Fsp3) is 0.545. The second-order valence-electron chi connectivity index (χ2n) is 8.60. The van der Waals surface area contributed by atoms with Gasteiger partial charge in [0.2, 0.25) is 0 Å². The predicted molar refractivity (Wildman–Crippen MR) is 117 cm³/mol. The molecule has 5 rings (SSSR count). The zero-order valence-corrected chi connectivity index (χ0v) is 17.9. The highest BCUT2D eigenvalue weighted by molar-refractivity contribution is 7.93. The van der Waals surface area contributed by atoms with E-state index in [2.05, 4.69) is 4.90 Å². The van der Waals surface area contributed by atoms with Crippen LogP contribution in [-0.2, 0) is 19.3 Å². The predicted octanol–water partition coefficient (Wildman–Crippen LogP) is 2.91. The smallest absolute Gasteiger partial charge is 0.164 e. The molecule has 1 aliphatic heterocycles. The van der Waals surface area contributed by atoms with Crippen LogP contribution in [0.4, 0.5) is 11.5 Å². The molecule has 160 valence electrons. The van der Waals surface area contributed by atoms with Crippen LogP contribution in [-0.4, -0.2) is 49.9 Å². The van der Waals surface area contributed by atoms with Crippen LogP contribution in [0.5, 0.6) is 0 Å². The molecule has 2 saturated carbocycles. The van der Waals surface area contributed by atoms with E-state index in [0.717, 1.165) is 50.2 Å². The summed E-state index contributed by atoms with van der Waals surface area (Å²) in [4.78, 5) is 11.9. The molecule has 7 nitrogen and oxygen atoms in total. The Hall–Kier alpha value is -2.19. The topological polar surface area (TPSA) is 98.4 Å². The van der Waals surface area contributed by atoms with Crippen molar-refractivity contribution in [3.8, 4) is 11.4 Å². The molecule has 2 N–H and O–H groups in total. The molecule has 1 aromatic heterocycles. The summed E-state index contributed by atoms with van der Waals surface area (Å²) in [6.45, 7) is 2.75. The van der Waals surface area contributed by atoms with Crippen LogP contribution in [0, 0.1) is 0 Å². The number of aromatic nitrogens is 2. The number of anilines is 2. The zero-order chi connectivity index (χ0) is 20.8. The minimum atomic E-state index is -3.29. The van der Waals surface area contributed by atoms with E-state index < -0.39 is 14.6 Å². The summed E-state index contributed by atoms with van der Waals surface area (Å²) in [5.74, 6) is 1.35. The first-order chi connectivity index (χ1) is 14.5. The van der Waals surface area contributed by atoms with Crippen molar-refractivity contribution in [1.82, 2.24) is 9.97 Å². The maximum absolute atomic E-state index is 13.6. The largest absolute Gasteiger partial charge is 0.399 e. The lowest BCUT2D eigenvalue weighted by atomic mass is 10.0. The number of hydrogen-bond donors (Lipinski definition) is 1. The Kier molecular flexibility index (Phi) is 4.94. The summed E-state index contributed by atoms with van der Waals surface area (Å²) < 4.78 is 31.8. The molecule has 3 fully saturated rings. The molecule has 2 heterocycles. The summed E-state index contributed by atoms with van der Waals surface area (Å²) in [5.41, 5.74) is 8.04. The van der Waals surface area contributed by atoms with Gasteiger partial charge < -0.3 is 15.4 Å². The Morgan fingerprint density at radius 2 is 1.70 bits per heavy atom. The van der Waals surface area contributed by atoms with E-state index in [1.807, 2.05) is 30.3 Å². The average molecular weight is 429 g/mol. The van der Waals surface area contributed by atoms with Crippen molar-refractivity contribution in [3.05, 3.63) is 36.0 Å². The number of nitrogens with two attached hydrogens (primary N) is 1. The van der Waals surface area contributed by atoms with E-state index >= 15 is 0 Å². The molecular formula is C22H28N4O3S. The van der Waals surface area contributed by atoms with Gasteiger partial charge in [0.05, 0.1) is 24.2 Å². The fourth-order valence-electron chi connectivity index (χ4n) is 4.71. The Bertz CT molecular complexity index is 1020. The molecule has 1 aromatic carbocycles. The third kappa shape index (κ3) is 3.36. The molecule has 2 aliphatic carbocycles. The molecule has 1 saturated heterocycles. The third-order valence-electron chi connectivity index (χ3n) is 6.60. The van der Waals surface area contributed by atoms with Crippen LogP contribution in [0.15, 0.2) is 30.3 Å². The van der Waals surface area contributed by atoms with Crippen molar-refractivity contribution >= 4 is 21.3 Å². The molecular weight excluding hydrogens is 400 g/mol. The molecule has 0 atom stereocenters. The lowest BCUT2D eigenvalue weighted by molar-refractivity contribution is 0.122. The van der Waals surface area contributed by atoms with Gasteiger partial charge in [-0.3, -0.25) is 0 Å². The van der Waals surface area contributed by atoms with Gasteiger partial charge in [-0.15, -0.1) is 0 Å². The molecule has 2 aromatic rings. The van der Waals surface area contributed by atoms with Crippen molar-refractivity contribution < 1.29 is 13.2 Å². The summed E-state index contributed by atoms with van der Waals surface area (Å²) >= 11 is 0. The van der Waals surface area contributed by atoms with Crippen LogP contribution in [0.2, 0.25) is 0 Å². The van der Waals surface area contributed by atoms with Crippen LogP contribution in [0.25, 0.3) is 11.4 Å². The second-order valence-corrected chi connectivity index (χ2v) is 11.1. The van der Waals surface area contributed by atoms with E-state index in [9.17, 15) is 8.42 Å². The number of nitrogen functional groups attached to an aromatic ring is 1. The first-order valence-electron chi connectivity index (χ1n) is 10.8. The van der Waals surface area contributed by atoms with Gasteiger partial charge in [0.1, 0.15) is 10.6 Å². The maximum atomic E-state index is 13.6. The lowest BCUT2D eigenvalue weighted by Gasteiger charge is -2.32.